The van der Waals surface area contributed by atoms with Crippen LogP contribution in [0.2, 0.25) is 0 Å². The molecule has 8 nitrogen and oxygen atoms in total. The first kappa shape index (κ1) is 21.4. The van der Waals surface area contributed by atoms with Crippen LogP contribution < -0.4 is 10.2 Å². The summed E-state index contributed by atoms with van der Waals surface area (Å²) >= 11 is 0. The number of nitrogens with zero attached hydrogens (tertiary/aromatic N) is 6. The van der Waals surface area contributed by atoms with E-state index in [-0.39, 0.29) is 11.5 Å². The van der Waals surface area contributed by atoms with E-state index in [0.29, 0.717) is 12.0 Å². The molecule has 5 rings (SSSR count). The minimum absolute atomic E-state index is 0.261. The average molecular weight is 447 g/mol. The molecule has 2 N–H and O–H groups in total. The number of rotatable bonds is 6. The van der Waals surface area contributed by atoms with Gasteiger partial charge in [-0.1, -0.05) is 6.07 Å². The van der Waals surface area contributed by atoms with Crippen molar-refractivity contribution in [1.82, 2.24) is 35.1 Å². The topological polar surface area (TPSA) is 85.9 Å². The lowest BCUT2D eigenvalue weighted by Crippen LogP contribution is -2.42. The molecule has 4 heterocycles. The van der Waals surface area contributed by atoms with Crippen LogP contribution in [0.3, 0.4) is 0 Å². The summed E-state index contributed by atoms with van der Waals surface area (Å²) in [4.78, 5) is 24.9. The van der Waals surface area contributed by atoms with Gasteiger partial charge in [0.1, 0.15) is 17.8 Å². The molecule has 0 amide bonds. The number of hydrogen-bond donors (Lipinski definition) is 2. The zero-order valence-electron chi connectivity index (χ0n) is 18.8. The van der Waals surface area contributed by atoms with Gasteiger partial charge in [-0.05, 0) is 29.8 Å². The summed E-state index contributed by atoms with van der Waals surface area (Å²) in [6.45, 7) is 5.13. The number of hydrogen-bond acceptors (Lipinski definition) is 7. The first-order valence-corrected chi connectivity index (χ1v) is 11.1. The van der Waals surface area contributed by atoms with Crippen LogP contribution in [0.1, 0.15) is 17.1 Å². The maximum absolute atomic E-state index is 14.9. The molecular formula is C24H27FN8. The van der Waals surface area contributed by atoms with E-state index in [9.17, 15) is 4.39 Å². The Labute approximate surface area is 191 Å². The fraction of sp³-hybridized carbons (Fsp3) is 0.333. The molecule has 1 saturated heterocycles. The third-order valence-corrected chi connectivity index (χ3v) is 5.84. The van der Waals surface area contributed by atoms with Crippen molar-refractivity contribution in [3.63, 3.8) is 0 Å². The Bertz CT molecular complexity index is 1260. The fourth-order valence-corrected chi connectivity index (χ4v) is 4.19. The molecule has 33 heavy (non-hydrogen) atoms. The van der Waals surface area contributed by atoms with E-state index in [1.807, 2.05) is 24.4 Å². The van der Waals surface area contributed by atoms with Crippen molar-refractivity contribution in [1.29, 1.82) is 0 Å². The van der Waals surface area contributed by atoms with Crippen LogP contribution >= 0.6 is 0 Å². The Morgan fingerprint density at radius 1 is 1.06 bits per heavy atom. The summed E-state index contributed by atoms with van der Waals surface area (Å²) in [5, 5.41) is 3.39. The molecule has 170 valence electrons. The lowest BCUT2D eigenvalue weighted by molar-refractivity contribution is 0.233. The molecule has 1 aliphatic rings. The molecule has 0 unspecified atom stereocenters. The van der Waals surface area contributed by atoms with Crippen LogP contribution in [0, 0.1) is 5.82 Å². The average Bonchev–Trinajstić information content (AvgIpc) is 3.21. The maximum atomic E-state index is 14.9. The highest BCUT2D eigenvalue weighted by Crippen LogP contribution is 2.27. The van der Waals surface area contributed by atoms with E-state index in [4.69, 9.17) is 4.98 Å². The Morgan fingerprint density at radius 3 is 2.73 bits per heavy atom. The molecule has 0 saturated carbocycles. The lowest BCUT2D eigenvalue weighted by Gasteiger charge is -2.27. The molecule has 4 aromatic rings. The molecular weight excluding hydrogens is 419 g/mol. The number of aromatic amines is 1. The normalized spacial score (nSPS) is 14.6. The number of imidazole rings is 1. The van der Waals surface area contributed by atoms with Gasteiger partial charge in [0, 0.05) is 70.7 Å². The van der Waals surface area contributed by atoms with Gasteiger partial charge in [-0.3, -0.25) is 9.88 Å². The van der Waals surface area contributed by atoms with E-state index in [2.05, 4.69) is 42.3 Å². The van der Waals surface area contributed by atoms with Crippen LogP contribution in [0.25, 0.3) is 22.3 Å². The fourth-order valence-electron chi connectivity index (χ4n) is 4.19. The first-order chi connectivity index (χ1) is 16.1. The largest absolute Gasteiger partial charge is 0.360 e. The highest BCUT2D eigenvalue weighted by atomic mass is 19.1. The van der Waals surface area contributed by atoms with Gasteiger partial charge in [-0.15, -0.1) is 0 Å². The maximum Gasteiger partial charge on any atom is 0.191 e. The van der Waals surface area contributed by atoms with Crippen LogP contribution in [-0.2, 0) is 13.0 Å². The minimum Gasteiger partial charge on any atom is -0.360 e. The van der Waals surface area contributed by atoms with E-state index in [0.717, 1.165) is 55.3 Å². The minimum atomic E-state index is -0.438. The SMILES string of the molecule is CN(C)c1ncnc(-c2ccc3nc(Cc4cc(CN5CCNCC5)ccn4)[nH]c3c2)c1F. The third-order valence-electron chi connectivity index (χ3n) is 5.84. The number of H-pyrrole nitrogens is 1. The van der Waals surface area contributed by atoms with Crippen molar-refractivity contribution in [2.24, 2.45) is 0 Å². The summed E-state index contributed by atoms with van der Waals surface area (Å²) < 4.78 is 14.9. The van der Waals surface area contributed by atoms with Crippen molar-refractivity contribution < 1.29 is 4.39 Å². The summed E-state index contributed by atoms with van der Waals surface area (Å²) in [7, 11) is 3.51. The zero-order chi connectivity index (χ0) is 22.8. The second-order valence-electron chi connectivity index (χ2n) is 8.53. The highest BCUT2D eigenvalue weighted by Gasteiger charge is 2.16. The van der Waals surface area contributed by atoms with Gasteiger partial charge in [-0.25, -0.2) is 19.3 Å². The molecule has 1 aromatic carbocycles. The van der Waals surface area contributed by atoms with Gasteiger partial charge < -0.3 is 15.2 Å². The summed E-state index contributed by atoms with van der Waals surface area (Å²) in [6, 6.07) is 9.83. The number of piperazine rings is 1. The van der Waals surface area contributed by atoms with E-state index < -0.39 is 5.82 Å². The predicted octanol–water partition coefficient (Wildman–Crippen LogP) is 2.62. The van der Waals surface area contributed by atoms with Gasteiger partial charge in [0.25, 0.3) is 0 Å². The number of nitrogens with one attached hydrogen (secondary N) is 2. The molecule has 1 aliphatic heterocycles. The lowest BCUT2D eigenvalue weighted by atomic mass is 10.1. The molecule has 0 radical (unpaired) electrons. The second kappa shape index (κ2) is 9.21. The Morgan fingerprint density at radius 2 is 1.91 bits per heavy atom. The predicted molar refractivity (Wildman–Crippen MR) is 127 cm³/mol. The molecule has 0 spiro atoms. The van der Waals surface area contributed by atoms with Gasteiger partial charge in [-0.2, -0.15) is 0 Å². The van der Waals surface area contributed by atoms with Crippen LogP contribution in [-0.4, -0.2) is 70.1 Å². The van der Waals surface area contributed by atoms with Gasteiger partial charge >= 0.3 is 0 Å². The van der Waals surface area contributed by atoms with Gasteiger partial charge in [0.05, 0.1) is 11.0 Å². The summed E-state index contributed by atoms with van der Waals surface area (Å²) in [5.41, 5.74) is 4.85. The number of fused-ring (bicyclic) bond motifs is 1. The standard InChI is InChI=1S/C24H27FN8/c1-32(2)24-22(25)23(28-15-29-24)17-3-4-19-20(12-17)31-21(30-19)13-18-11-16(5-6-27-18)14-33-9-7-26-8-10-33/h3-6,11-12,15,26H,7-10,13-14H2,1-2H3,(H,30,31). The smallest absolute Gasteiger partial charge is 0.191 e. The van der Waals surface area contributed by atoms with Crippen molar-refractivity contribution in [2.75, 3.05) is 45.2 Å². The van der Waals surface area contributed by atoms with Gasteiger partial charge in [0.2, 0.25) is 0 Å². The molecule has 0 atom stereocenters. The van der Waals surface area contributed by atoms with E-state index >= 15 is 0 Å². The number of halogens is 1. The van der Waals surface area contributed by atoms with Crippen LogP contribution in [0.4, 0.5) is 10.2 Å². The monoisotopic (exact) mass is 446 g/mol. The molecule has 0 aliphatic carbocycles. The van der Waals surface area contributed by atoms with Crippen LogP contribution in [0.15, 0.2) is 42.9 Å². The van der Waals surface area contributed by atoms with Crippen molar-refractivity contribution in [2.45, 2.75) is 13.0 Å². The Kier molecular flexibility index (Phi) is 5.97. The number of aromatic nitrogens is 5. The van der Waals surface area contributed by atoms with Crippen molar-refractivity contribution in [3.8, 4) is 11.3 Å². The van der Waals surface area contributed by atoms with Crippen molar-refractivity contribution in [3.05, 3.63) is 65.8 Å². The van der Waals surface area contributed by atoms with E-state index in [1.54, 1.807) is 19.0 Å². The quantitative estimate of drug-likeness (QED) is 0.471. The number of anilines is 1. The number of benzene rings is 1. The van der Waals surface area contributed by atoms with Crippen molar-refractivity contribution >= 4 is 16.9 Å². The second-order valence-corrected chi connectivity index (χ2v) is 8.53. The highest BCUT2D eigenvalue weighted by molar-refractivity contribution is 5.81. The summed E-state index contributed by atoms with van der Waals surface area (Å²) in [5.74, 6) is 0.648. The van der Waals surface area contributed by atoms with Crippen LogP contribution in [0.5, 0.6) is 0 Å². The molecule has 1 fully saturated rings. The first-order valence-electron chi connectivity index (χ1n) is 11.1. The molecule has 3 aromatic heterocycles. The Hall–Kier alpha value is -3.43. The number of pyridine rings is 1. The van der Waals surface area contributed by atoms with Gasteiger partial charge in [0.15, 0.2) is 11.6 Å². The molecule has 9 heteroatoms. The molecule has 0 bridgehead atoms. The third kappa shape index (κ3) is 4.69. The van der Waals surface area contributed by atoms with E-state index in [1.165, 1.54) is 11.9 Å². The summed E-state index contributed by atoms with van der Waals surface area (Å²) in [6.07, 6.45) is 3.86. The Balaban J connectivity index is 1.37. The zero-order valence-corrected chi connectivity index (χ0v) is 18.8.